The zero-order valence-electron chi connectivity index (χ0n) is 13.3. The number of carbonyl (C=O) groups is 1. The Morgan fingerprint density at radius 1 is 1.32 bits per heavy atom. The number of nitrogens with one attached hydrogen (secondary N) is 1. The van der Waals surface area contributed by atoms with E-state index < -0.39 is 0 Å². The van der Waals surface area contributed by atoms with Gasteiger partial charge in [0.05, 0.1) is 11.7 Å². The average molecular weight is 299 g/mol. The fourth-order valence-corrected chi connectivity index (χ4v) is 3.04. The number of hydrogen-bond donors (Lipinski definition) is 1. The van der Waals surface area contributed by atoms with E-state index in [1.807, 2.05) is 24.8 Å². The van der Waals surface area contributed by atoms with Crippen molar-refractivity contribution in [3.8, 4) is 11.5 Å². The summed E-state index contributed by atoms with van der Waals surface area (Å²) >= 11 is 0. The van der Waals surface area contributed by atoms with Gasteiger partial charge in [-0.15, -0.1) is 0 Å². The largest absolute Gasteiger partial charge is 0.341 e. The molecule has 1 atom stereocenters. The number of imidazole rings is 1. The van der Waals surface area contributed by atoms with Crippen LogP contribution in [0.25, 0.3) is 11.5 Å². The highest BCUT2D eigenvalue weighted by atomic mass is 16.2. The van der Waals surface area contributed by atoms with Crippen molar-refractivity contribution in [2.24, 2.45) is 0 Å². The number of hydrogen-bond acceptors (Lipinski definition) is 4. The Kier molecular flexibility index (Phi) is 3.92. The molecule has 0 unspecified atom stereocenters. The third-order valence-corrected chi connectivity index (χ3v) is 4.05. The molecule has 1 amide bonds. The quantitative estimate of drug-likeness (QED) is 0.924. The number of nitrogens with zero attached hydrogens (tertiary/aromatic N) is 4. The number of piperidine rings is 1. The number of likely N-dealkylation sites (tertiary alicyclic amines) is 1. The molecule has 0 aliphatic carbocycles. The number of aromatic nitrogens is 4. The van der Waals surface area contributed by atoms with Crippen LogP contribution in [0, 0.1) is 13.8 Å². The summed E-state index contributed by atoms with van der Waals surface area (Å²) < 4.78 is 0. The Morgan fingerprint density at radius 2 is 2.14 bits per heavy atom. The highest BCUT2D eigenvalue weighted by Crippen LogP contribution is 2.31. The van der Waals surface area contributed by atoms with E-state index in [-0.39, 0.29) is 11.9 Å². The van der Waals surface area contributed by atoms with Crippen molar-refractivity contribution in [2.45, 2.75) is 46.1 Å². The zero-order chi connectivity index (χ0) is 15.7. The number of rotatable bonds is 2. The molecule has 0 spiro atoms. The van der Waals surface area contributed by atoms with Crippen molar-refractivity contribution in [1.82, 2.24) is 24.8 Å². The first kappa shape index (κ1) is 14.7. The lowest BCUT2D eigenvalue weighted by atomic mass is 9.98. The van der Waals surface area contributed by atoms with Crippen LogP contribution >= 0.6 is 0 Å². The van der Waals surface area contributed by atoms with E-state index >= 15 is 0 Å². The van der Waals surface area contributed by atoms with Crippen LogP contribution in [0.3, 0.4) is 0 Å². The van der Waals surface area contributed by atoms with Crippen LogP contribution in [0.5, 0.6) is 0 Å². The summed E-state index contributed by atoms with van der Waals surface area (Å²) in [7, 11) is 0. The van der Waals surface area contributed by atoms with Crippen molar-refractivity contribution in [3.05, 3.63) is 29.5 Å². The van der Waals surface area contributed by atoms with E-state index in [0.29, 0.717) is 5.82 Å². The van der Waals surface area contributed by atoms with Crippen LogP contribution in [-0.2, 0) is 4.79 Å². The maximum Gasteiger partial charge on any atom is 0.220 e. The van der Waals surface area contributed by atoms with E-state index in [4.69, 9.17) is 0 Å². The summed E-state index contributed by atoms with van der Waals surface area (Å²) in [6, 6.07) is 2.00. The SMILES string of the molecule is CC(=O)N1CCCC[C@@H]1c1cc(-c2ncc(C)[nH]2)nc(C)n1. The van der Waals surface area contributed by atoms with Crippen molar-refractivity contribution in [3.63, 3.8) is 0 Å². The molecule has 0 aromatic carbocycles. The lowest BCUT2D eigenvalue weighted by Gasteiger charge is -2.34. The normalized spacial score (nSPS) is 18.5. The molecule has 1 fully saturated rings. The predicted molar refractivity (Wildman–Crippen MR) is 83.1 cm³/mol. The standard InChI is InChI=1S/C16H21N5O/c1-10-9-17-16(18-10)14-8-13(19-11(2)20-14)15-6-4-5-7-21(15)12(3)22/h8-9,15H,4-7H2,1-3H3,(H,17,18)/t15-/m1/s1. The first-order valence-electron chi connectivity index (χ1n) is 7.69. The molecule has 1 aliphatic heterocycles. The Bertz CT molecular complexity index is 694. The van der Waals surface area contributed by atoms with E-state index in [0.717, 1.165) is 48.7 Å². The summed E-state index contributed by atoms with van der Waals surface area (Å²) in [6.45, 7) is 6.27. The highest BCUT2D eigenvalue weighted by molar-refractivity contribution is 5.74. The number of carbonyl (C=O) groups excluding carboxylic acids is 1. The van der Waals surface area contributed by atoms with Gasteiger partial charge in [-0.2, -0.15) is 0 Å². The van der Waals surface area contributed by atoms with Crippen LogP contribution in [0.4, 0.5) is 0 Å². The van der Waals surface area contributed by atoms with Gasteiger partial charge in [0.25, 0.3) is 0 Å². The Hall–Kier alpha value is -2.24. The van der Waals surface area contributed by atoms with Gasteiger partial charge < -0.3 is 9.88 Å². The number of aryl methyl sites for hydroxylation is 2. The van der Waals surface area contributed by atoms with Crippen molar-refractivity contribution >= 4 is 5.91 Å². The van der Waals surface area contributed by atoms with Gasteiger partial charge in [-0.25, -0.2) is 15.0 Å². The minimum atomic E-state index is 0.0442. The van der Waals surface area contributed by atoms with Crippen LogP contribution < -0.4 is 0 Å². The van der Waals surface area contributed by atoms with Gasteiger partial charge in [-0.05, 0) is 39.2 Å². The van der Waals surface area contributed by atoms with Crippen LogP contribution in [0.15, 0.2) is 12.3 Å². The van der Waals surface area contributed by atoms with Gasteiger partial charge in [-0.3, -0.25) is 4.79 Å². The molecule has 6 nitrogen and oxygen atoms in total. The van der Waals surface area contributed by atoms with E-state index in [9.17, 15) is 4.79 Å². The first-order valence-corrected chi connectivity index (χ1v) is 7.69. The van der Waals surface area contributed by atoms with Crippen molar-refractivity contribution < 1.29 is 4.79 Å². The molecule has 22 heavy (non-hydrogen) atoms. The molecular weight excluding hydrogens is 278 g/mol. The van der Waals surface area contributed by atoms with E-state index in [1.54, 1.807) is 13.1 Å². The Labute approximate surface area is 130 Å². The van der Waals surface area contributed by atoms with Gasteiger partial charge in [0.2, 0.25) is 5.91 Å². The monoisotopic (exact) mass is 299 g/mol. The fourth-order valence-electron chi connectivity index (χ4n) is 3.04. The summed E-state index contributed by atoms with van der Waals surface area (Å²) in [5.74, 6) is 1.56. The maximum absolute atomic E-state index is 11.9. The van der Waals surface area contributed by atoms with Gasteiger partial charge in [0.15, 0.2) is 5.82 Å². The average Bonchev–Trinajstić information content (AvgIpc) is 2.93. The minimum absolute atomic E-state index is 0.0442. The highest BCUT2D eigenvalue weighted by Gasteiger charge is 2.27. The molecule has 6 heteroatoms. The van der Waals surface area contributed by atoms with Crippen LogP contribution in [0.2, 0.25) is 0 Å². The molecular formula is C16H21N5O. The van der Waals surface area contributed by atoms with E-state index in [1.165, 1.54) is 0 Å². The lowest BCUT2D eigenvalue weighted by molar-refractivity contribution is -0.132. The molecule has 1 N–H and O–H groups in total. The molecule has 116 valence electrons. The van der Waals surface area contributed by atoms with Crippen molar-refractivity contribution in [1.29, 1.82) is 0 Å². The molecule has 0 radical (unpaired) electrons. The molecule has 0 saturated carbocycles. The summed E-state index contributed by atoms with van der Waals surface area (Å²) in [4.78, 5) is 30.4. The second-order valence-corrected chi connectivity index (χ2v) is 5.86. The second-order valence-electron chi connectivity index (χ2n) is 5.86. The Morgan fingerprint density at radius 3 is 2.82 bits per heavy atom. The smallest absolute Gasteiger partial charge is 0.220 e. The molecule has 3 rings (SSSR count). The maximum atomic E-state index is 11.9. The number of aromatic amines is 1. The van der Waals surface area contributed by atoms with Gasteiger partial charge in [0.1, 0.15) is 11.5 Å². The van der Waals surface area contributed by atoms with Gasteiger partial charge in [-0.1, -0.05) is 0 Å². The summed E-state index contributed by atoms with van der Waals surface area (Å²) in [5.41, 5.74) is 2.69. The van der Waals surface area contributed by atoms with Crippen LogP contribution in [-0.4, -0.2) is 37.3 Å². The first-order chi connectivity index (χ1) is 10.5. The molecule has 3 heterocycles. The van der Waals surface area contributed by atoms with Gasteiger partial charge >= 0.3 is 0 Å². The number of H-pyrrole nitrogens is 1. The van der Waals surface area contributed by atoms with Gasteiger partial charge in [0, 0.05) is 25.4 Å². The molecule has 1 saturated heterocycles. The summed E-state index contributed by atoms with van der Waals surface area (Å²) in [5, 5.41) is 0. The molecule has 0 bridgehead atoms. The predicted octanol–water partition coefficient (Wildman–Crippen LogP) is 2.56. The number of amides is 1. The molecule has 2 aromatic rings. The zero-order valence-corrected chi connectivity index (χ0v) is 13.3. The van der Waals surface area contributed by atoms with E-state index in [2.05, 4.69) is 19.9 Å². The second kappa shape index (κ2) is 5.87. The van der Waals surface area contributed by atoms with Crippen molar-refractivity contribution in [2.75, 3.05) is 6.54 Å². The third kappa shape index (κ3) is 2.86. The third-order valence-electron chi connectivity index (χ3n) is 4.05. The molecule has 1 aliphatic rings. The minimum Gasteiger partial charge on any atom is -0.341 e. The fraction of sp³-hybridized carbons (Fsp3) is 0.500. The van der Waals surface area contributed by atoms with Crippen LogP contribution in [0.1, 0.15) is 49.4 Å². The summed E-state index contributed by atoms with van der Waals surface area (Å²) in [6.07, 6.45) is 4.92. The Balaban J connectivity index is 1.99. The molecule has 2 aromatic heterocycles. The lowest BCUT2D eigenvalue weighted by Crippen LogP contribution is -2.37. The topological polar surface area (TPSA) is 74.8 Å².